The van der Waals surface area contributed by atoms with Crippen molar-refractivity contribution in [3.8, 4) is 11.5 Å². The van der Waals surface area contributed by atoms with E-state index >= 15 is 8.42 Å². The van der Waals surface area contributed by atoms with Crippen LogP contribution in [0.25, 0.3) is 10.9 Å². The van der Waals surface area contributed by atoms with Gasteiger partial charge in [0.25, 0.3) is 5.69 Å². The van der Waals surface area contributed by atoms with Crippen LogP contribution in [0.5, 0.6) is 11.5 Å². The molecule has 4 aromatic rings. The summed E-state index contributed by atoms with van der Waals surface area (Å²) in [6, 6.07) is 18.8. The van der Waals surface area contributed by atoms with E-state index in [1.807, 2.05) is 25.1 Å². The monoisotopic (exact) mass is 925 g/mol. The first-order valence-corrected chi connectivity index (χ1v) is 24.2. The van der Waals surface area contributed by atoms with E-state index in [0.29, 0.717) is 79.4 Å². The number of nitro benzene ring substituents is 1. The van der Waals surface area contributed by atoms with Crippen LogP contribution in [0.2, 0.25) is 0 Å². The average molecular weight is 926 g/mol. The van der Waals surface area contributed by atoms with Gasteiger partial charge in [0.2, 0.25) is 15.8 Å². The van der Waals surface area contributed by atoms with Crippen molar-refractivity contribution in [2.45, 2.75) is 94.5 Å². The molecule has 7 rings (SSSR count). The second-order valence-electron chi connectivity index (χ2n) is 16.8. The molecule has 6 atom stereocenters. The number of carbonyl (C=O) groups excluding carboxylic acids is 1. The molecule has 1 aliphatic heterocycles. The van der Waals surface area contributed by atoms with Gasteiger partial charge in [-0.3, -0.25) is 15.1 Å². The lowest BCUT2D eigenvalue weighted by atomic mass is 9.55. The number of fused-ring (bicyclic) bond motifs is 3. The number of aliphatic hydroxyl groups is 2. The Kier molecular flexibility index (Phi) is 15.9. The maximum Gasteiger partial charge on any atom is 0.412 e. The van der Waals surface area contributed by atoms with Crippen LogP contribution in [0.1, 0.15) is 82.3 Å². The molecule has 1 amide bonds. The number of carbonyl (C=O) groups is 1. The first-order valence-electron chi connectivity index (χ1n) is 22.8. The fraction of sp³-hybridized carbons (Fsp3) is 0.449. The average Bonchev–Trinajstić information content (AvgIpc) is 3.31. The highest BCUT2D eigenvalue weighted by molar-refractivity contribution is 7.89. The lowest BCUT2D eigenvalue weighted by Gasteiger charge is -2.59. The highest BCUT2D eigenvalue weighted by atomic mass is 32.2. The summed E-state index contributed by atoms with van der Waals surface area (Å²) in [5, 5.41) is 39.5. The van der Waals surface area contributed by atoms with E-state index in [4.69, 9.17) is 24.2 Å². The van der Waals surface area contributed by atoms with Crippen LogP contribution in [0.15, 0.2) is 113 Å². The molecule has 1 aromatic heterocycles. The second kappa shape index (κ2) is 21.7. The van der Waals surface area contributed by atoms with Gasteiger partial charge in [-0.15, -0.1) is 6.58 Å². The largest absolute Gasteiger partial charge is 0.460 e. The molecule has 1 saturated carbocycles. The number of benzene rings is 3. The van der Waals surface area contributed by atoms with Crippen LogP contribution in [0.3, 0.4) is 0 Å². The predicted octanol–water partition coefficient (Wildman–Crippen LogP) is 8.19. The molecule has 16 nitrogen and oxygen atoms in total. The minimum atomic E-state index is -4.39. The minimum absolute atomic E-state index is 0.00383. The summed E-state index contributed by atoms with van der Waals surface area (Å²) >= 11 is 0. The number of nitrogens with one attached hydrogen (secondary N) is 1. The quantitative estimate of drug-likeness (QED) is 0.0295. The van der Waals surface area contributed by atoms with Gasteiger partial charge in [0.1, 0.15) is 23.0 Å². The zero-order chi connectivity index (χ0) is 46.8. The number of oxime groups is 1. The van der Waals surface area contributed by atoms with Crippen molar-refractivity contribution in [3.05, 3.63) is 125 Å². The van der Waals surface area contributed by atoms with Gasteiger partial charge in [-0.05, 0) is 104 Å². The molecule has 17 heteroatoms. The van der Waals surface area contributed by atoms with E-state index in [0.717, 1.165) is 11.1 Å². The fourth-order valence-electron chi connectivity index (χ4n) is 9.95. The van der Waals surface area contributed by atoms with E-state index in [-0.39, 0.29) is 67.6 Å². The van der Waals surface area contributed by atoms with Gasteiger partial charge >= 0.3 is 6.09 Å². The summed E-state index contributed by atoms with van der Waals surface area (Å²) in [5.74, 6) is -2.35. The Morgan fingerprint density at radius 2 is 1.82 bits per heavy atom. The van der Waals surface area contributed by atoms with Crippen LogP contribution < -0.4 is 14.8 Å². The Balaban J connectivity index is 1.48. The number of allylic oxidation sites excluding steroid dienone is 1. The molecule has 3 N–H and O–H groups in total. The molecule has 3 aromatic carbocycles. The van der Waals surface area contributed by atoms with Gasteiger partial charge in [0.05, 0.1) is 34.7 Å². The third kappa shape index (κ3) is 10.0. The van der Waals surface area contributed by atoms with Crippen molar-refractivity contribution >= 4 is 38.4 Å². The van der Waals surface area contributed by atoms with Gasteiger partial charge in [-0.25, -0.2) is 13.2 Å². The standard InChI is InChI=1S/C49H59N5O11S/c1-4-25-53(66(60,61)43-17-11-14-34-15-12-24-51-47(34)43)44-31-41(52-63-32-33-18-20-36(21-19-33)54(58)59)39-29-35(13-7-9-26-55)38(16-8-10-27-56)45-40-30-37(64-48(57)50-6-3)22-23-42(40)65-49(44,46(39)45)62-28-5-2/h5,11-12,14-15,17-24,29-30,35,38,44-46,55-56H,2,4,6-10,13,16,25-28,31-32H2,1,3H3,(H,50,57)/t35-,38+,44-,45+,46+,49+/m0/s1. The van der Waals surface area contributed by atoms with Gasteiger partial charge in [-0.1, -0.05) is 55.3 Å². The molecular weight excluding hydrogens is 867 g/mol. The number of hydrogen-bond donors (Lipinski definition) is 3. The normalized spacial score (nSPS) is 22.8. The number of ether oxygens (including phenoxy) is 3. The van der Waals surface area contributed by atoms with Crippen molar-refractivity contribution in [3.63, 3.8) is 0 Å². The van der Waals surface area contributed by atoms with E-state index in [9.17, 15) is 25.1 Å². The number of aromatic nitrogens is 1. The number of pyridine rings is 1. The van der Waals surface area contributed by atoms with Crippen molar-refractivity contribution in [1.82, 2.24) is 14.6 Å². The van der Waals surface area contributed by atoms with Crippen LogP contribution >= 0.6 is 0 Å². The van der Waals surface area contributed by atoms with E-state index in [1.54, 1.807) is 61.7 Å². The van der Waals surface area contributed by atoms with Crippen LogP contribution in [-0.2, 0) is 26.2 Å². The number of rotatable bonds is 22. The molecule has 352 valence electrons. The maximum absolute atomic E-state index is 15.6. The highest BCUT2D eigenvalue weighted by Gasteiger charge is 2.66. The summed E-state index contributed by atoms with van der Waals surface area (Å²) in [7, 11) is -4.39. The molecule has 0 radical (unpaired) electrons. The van der Waals surface area contributed by atoms with Crippen molar-refractivity contribution in [2.24, 2.45) is 22.9 Å². The Bertz CT molecular complexity index is 2530. The number of para-hydroxylation sites is 1. The first-order chi connectivity index (χ1) is 32.0. The van der Waals surface area contributed by atoms with Crippen molar-refractivity contribution in [2.75, 3.05) is 32.9 Å². The van der Waals surface area contributed by atoms with Crippen LogP contribution in [0.4, 0.5) is 10.5 Å². The number of sulfonamides is 1. The van der Waals surface area contributed by atoms with Crippen molar-refractivity contribution in [1.29, 1.82) is 0 Å². The fourth-order valence-corrected chi connectivity index (χ4v) is 11.8. The Morgan fingerprint density at radius 3 is 2.53 bits per heavy atom. The highest BCUT2D eigenvalue weighted by Crippen LogP contribution is 2.62. The molecule has 2 heterocycles. The zero-order valence-corrected chi connectivity index (χ0v) is 38.2. The number of nitro groups is 1. The number of nitrogens with zero attached hydrogens (tertiary/aromatic N) is 4. The Hall–Kier alpha value is -5.72. The summed E-state index contributed by atoms with van der Waals surface area (Å²) in [6.07, 6.45) is 9.08. The number of hydrogen-bond acceptors (Lipinski definition) is 13. The van der Waals surface area contributed by atoms with Gasteiger partial charge in [0, 0.05) is 67.9 Å². The van der Waals surface area contributed by atoms with E-state index < -0.39 is 44.7 Å². The molecule has 66 heavy (non-hydrogen) atoms. The lowest BCUT2D eigenvalue weighted by molar-refractivity contribution is -0.384. The molecule has 2 aliphatic carbocycles. The Morgan fingerprint density at radius 1 is 1.06 bits per heavy atom. The van der Waals surface area contributed by atoms with Gasteiger partial charge < -0.3 is 34.6 Å². The first kappa shape index (κ1) is 48.2. The molecule has 0 saturated heterocycles. The summed E-state index contributed by atoms with van der Waals surface area (Å²) in [4.78, 5) is 34.4. The van der Waals surface area contributed by atoms with E-state index in [2.05, 4.69) is 23.0 Å². The Labute approximate surface area is 385 Å². The molecule has 0 unspecified atom stereocenters. The lowest BCUT2D eigenvalue weighted by Crippen LogP contribution is -2.70. The number of amides is 1. The molecule has 3 aliphatic rings. The zero-order valence-electron chi connectivity index (χ0n) is 37.4. The molecule has 1 fully saturated rings. The van der Waals surface area contributed by atoms with Gasteiger partial charge in [-0.2, -0.15) is 4.31 Å². The van der Waals surface area contributed by atoms with Crippen molar-refractivity contribution < 1.29 is 47.4 Å². The molecule has 0 spiro atoms. The van der Waals surface area contributed by atoms with Crippen LogP contribution in [-0.4, -0.2) is 89.4 Å². The molecule has 0 bridgehead atoms. The second-order valence-corrected chi connectivity index (χ2v) is 18.7. The minimum Gasteiger partial charge on any atom is -0.460 e. The number of aliphatic hydroxyl groups excluding tert-OH is 2. The SMILES string of the molecule is C=CCO[C@@]12Oc3ccc(OC(=O)NCC)cc3[C@H]3[C@H](CCCCO)[C@@H](CCCCO)C=C(C(=NOCc4ccc([N+](=O)[O-])cc4)C[C@@H]1N(CCC)S(=O)(=O)c1cccc4cccnc14)[C@H]32. The topological polar surface area (TPSA) is 212 Å². The van der Waals surface area contributed by atoms with E-state index in [1.165, 1.54) is 16.4 Å². The third-order valence-corrected chi connectivity index (χ3v) is 14.6. The number of non-ortho nitro benzene ring substituents is 1. The molecular formula is C49H59N5O11S. The maximum atomic E-state index is 15.6. The number of unbranched alkanes of at least 4 members (excludes halogenated alkanes) is 2. The van der Waals surface area contributed by atoms with Gasteiger partial charge in [0.15, 0.2) is 0 Å². The third-order valence-electron chi connectivity index (χ3n) is 12.7. The predicted molar refractivity (Wildman–Crippen MR) is 248 cm³/mol. The summed E-state index contributed by atoms with van der Waals surface area (Å²) in [6.45, 7) is 8.11. The van der Waals surface area contributed by atoms with Crippen LogP contribution in [0, 0.1) is 27.9 Å². The summed E-state index contributed by atoms with van der Waals surface area (Å²) < 4.78 is 52.7. The smallest absolute Gasteiger partial charge is 0.412 e. The summed E-state index contributed by atoms with van der Waals surface area (Å²) in [5.41, 5.74) is 2.85.